The number of rotatable bonds is 3. The van der Waals surface area contributed by atoms with E-state index in [-0.39, 0.29) is 17.7 Å². The lowest BCUT2D eigenvalue weighted by molar-refractivity contribution is -0.136. The smallest absolute Gasteiger partial charge is 0.262 e. The van der Waals surface area contributed by atoms with Crippen LogP contribution in [0.5, 0.6) is 0 Å². The minimum Gasteiger partial charge on any atom is -0.384 e. The Kier molecular flexibility index (Phi) is 4.11. The van der Waals surface area contributed by atoms with Crippen LogP contribution in [0.25, 0.3) is 0 Å². The normalized spacial score (nSPS) is 29.5. The number of halogens is 2. The van der Waals surface area contributed by atoms with Gasteiger partial charge in [-0.25, -0.2) is 8.78 Å². The number of amides is 1. The predicted octanol–water partition coefficient (Wildman–Crippen LogP) is 1.26. The lowest BCUT2D eigenvalue weighted by Crippen LogP contribution is -2.49. The van der Waals surface area contributed by atoms with Gasteiger partial charge in [-0.05, 0) is 18.3 Å². The summed E-state index contributed by atoms with van der Waals surface area (Å²) in [4.78, 5) is 13.9. The van der Waals surface area contributed by atoms with E-state index in [2.05, 4.69) is 12.2 Å². The average Bonchev–Trinajstić information content (AvgIpc) is 2.70. The Morgan fingerprint density at radius 2 is 2.05 bits per heavy atom. The molecular formula is C13H22F2N2O2. The molecule has 2 saturated heterocycles. The van der Waals surface area contributed by atoms with Crippen molar-refractivity contribution in [2.45, 2.75) is 38.2 Å². The van der Waals surface area contributed by atoms with Gasteiger partial charge in [0.1, 0.15) is 0 Å². The summed E-state index contributed by atoms with van der Waals surface area (Å²) < 4.78 is 31.4. The Labute approximate surface area is 112 Å². The number of methoxy groups -OCH3 is 1. The molecule has 19 heavy (non-hydrogen) atoms. The highest BCUT2D eigenvalue weighted by Gasteiger charge is 2.44. The Morgan fingerprint density at radius 1 is 1.42 bits per heavy atom. The number of nitrogens with zero attached hydrogens (tertiary/aromatic N) is 1. The SMILES string of the molecule is COCC1(C)CCN(C(=O)C2CC(F)(F)CN2)CC1. The first-order valence-corrected chi connectivity index (χ1v) is 6.74. The number of hydrogen-bond acceptors (Lipinski definition) is 3. The molecule has 1 N–H and O–H groups in total. The summed E-state index contributed by atoms with van der Waals surface area (Å²) in [6.45, 7) is 3.68. The number of alkyl halides is 2. The standard InChI is InChI=1S/C13H22F2N2O2/c1-12(9-19-2)3-5-17(6-4-12)11(18)10-7-13(14,15)8-16-10/h10,16H,3-9H2,1-2H3. The Balaban J connectivity index is 1.86. The van der Waals surface area contributed by atoms with E-state index in [1.54, 1.807) is 12.0 Å². The molecule has 4 nitrogen and oxygen atoms in total. The number of piperidine rings is 1. The zero-order valence-corrected chi connectivity index (χ0v) is 11.5. The third-order valence-electron chi connectivity index (χ3n) is 4.18. The Morgan fingerprint density at radius 3 is 2.53 bits per heavy atom. The summed E-state index contributed by atoms with van der Waals surface area (Å²) >= 11 is 0. The molecule has 2 aliphatic heterocycles. The molecular weight excluding hydrogens is 254 g/mol. The first-order valence-electron chi connectivity index (χ1n) is 6.74. The number of carbonyl (C=O) groups excluding carboxylic acids is 1. The van der Waals surface area contributed by atoms with Crippen molar-refractivity contribution < 1.29 is 18.3 Å². The van der Waals surface area contributed by atoms with Gasteiger partial charge in [0.05, 0.1) is 19.2 Å². The van der Waals surface area contributed by atoms with E-state index >= 15 is 0 Å². The van der Waals surface area contributed by atoms with Crippen molar-refractivity contribution >= 4 is 5.91 Å². The molecule has 0 aromatic heterocycles. The molecule has 1 amide bonds. The summed E-state index contributed by atoms with van der Waals surface area (Å²) in [7, 11) is 1.67. The van der Waals surface area contributed by atoms with Crippen LogP contribution in [-0.4, -0.2) is 56.1 Å². The van der Waals surface area contributed by atoms with Crippen molar-refractivity contribution in [3.63, 3.8) is 0 Å². The largest absolute Gasteiger partial charge is 0.384 e. The summed E-state index contributed by atoms with van der Waals surface area (Å²) in [5, 5.41) is 2.62. The molecule has 2 rings (SSSR count). The van der Waals surface area contributed by atoms with Crippen molar-refractivity contribution in [2.75, 3.05) is 33.4 Å². The second kappa shape index (κ2) is 5.32. The number of nitrogens with one attached hydrogen (secondary N) is 1. The van der Waals surface area contributed by atoms with Gasteiger partial charge in [0.15, 0.2) is 0 Å². The maximum Gasteiger partial charge on any atom is 0.262 e. The number of carbonyl (C=O) groups is 1. The average molecular weight is 276 g/mol. The second-order valence-electron chi connectivity index (χ2n) is 6.06. The number of likely N-dealkylation sites (tertiary alicyclic amines) is 1. The van der Waals surface area contributed by atoms with E-state index < -0.39 is 18.5 Å². The molecule has 0 aliphatic carbocycles. The van der Waals surface area contributed by atoms with Gasteiger partial charge in [0, 0.05) is 26.6 Å². The van der Waals surface area contributed by atoms with Crippen LogP contribution in [0, 0.1) is 5.41 Å². The molecule has 0 spiro atoms. The van der Waals surface area contributed by atoms with Gasteiger partial charge in [-0.2, -0.15) is 0 Å². The molecule has 1 atom stereocenters. The van der Waals surface area contributed by atoms with Crippen molar-refractivity contribution in [3.05, 3.63) is 0 Å². The first kappa shape index (κ1) is 14.7. The van der Waals surface area contributed by atoms with Crippen molar-refractivity contribution in [2.24, 2.45) is 5.41 Å². The Hall–Kier alpha value is -0.750. The fourth-order valence-electron chi connectivity index (χ4n) is 2.87. The molecule has 2 aliphatic rings. The molecule has 2 fully saturated rings. The molecule has 110 valence electrons. The molecule has 1 unspecified atom stereocenters. The second-order valence-corrected chi connectivity index (χ2v) is 6.06. The third-order valence-corrected chi connectivity index (χ3v) is 4.18. The van der Waals surface area contributed by atoms with Crippen molar-refractivity contribution in [1.29, 1.82) is 0 Å². The zero-order chi connectivity index (χ0) is 14.1. The van der Waals surface area contributed by atoms with Gasteiger partial charge in [0.2, 0.25) is 5.91 Å². The van der Waals surface area contributed by atoms with Gasteiger partial charge in [-0.15, -0.1) is 0 Å². The molecule has 0 aromatic carbocycles. The molecule has 2 heterocycles. The van der Waals surface area contributed by atoms with Gasteiger partial charge >= 0.3 is 0 Å². The van der Waals surface area contributed by atoms with Gasteiger partial charge < -0.3 is 9.64 Å². The van der Waals surface area contributed by atoms with Crippen LogP contribution in [0.15, 0.2) is 0 Å². The monoisotopic (exact) mass is 276 g/mol. The summed E-state index contributed by atoms with van der Waals surface area (Å²) in [6.07, 6.45) is 1.34. The topological polar surface area (TPSA) is 41.6 Å². The van der Waals surface area contributed by atoms with Gasteiger partial charge in [-0.1, -0.05) is 6.92 Å². The Bertz CT molecular complexity index is 342. The minimum atomic E-state index is -2.75. The highest BCUT2D eigenvalue weighted by molar-refractivity contribution is 5.82. The van der Waals surface area contributed by atoms with Crippen molar-refractivity contribution in [3.8, 4) is 0 Å². The van der Waals surface area contributed by atoms with E-state index in [1.807, 2.05) is 0 Å². The van der Waals surface area contributed by atoms with E-state index in [4.69, 9.17) is 4.74 Å². The van der Waals surface area contributed by atoms with Crippen molar-refractivity contribution in [1.82, 2.24) is 10.2 Å². The lowest BCUT2D eigenvalue weighted by atomic mass is 9.81. The van der Waals surface area contributed by atoms with E-state index in [0.29, 0.717) is 19.7 Å². The highest BCUT2D eigenvalue weighted by atomic mass is 19.3. The molecule has 0 saturated carbocycles. The van der Waals surface area contributed by atoms with Gasteiger partial charge in [-0.3, -0.25) is 10.1 Å². The fourth-order valence-corrected chi connectivity index (χ4v) is 2.87. The summed E-state index contributed by atoms with van der Waals surface area (Å²) in [6, 6.07) is -0.721. The quantitative estimate of drug-likeness (QED) is 0.844. The van der Waals surface area contributed by atoms with Crippen LogP contribution in [-0.2, 0) is 9.53 Å². The van der Waals surface area contributed by atoms with Gasteiger partial charge in [0.25, 0.3) is 5.92 Å². The first-order chi connectivity index (χ1) is 8.85. The zero-order valence-electron chi connectivity index (χ0n) is 11.5. The van der Waals surface area contributed by atoms with Crippen LogP contribution in [0.1, 0.15) is 26.2 Å². The number of ether oxygens (including phenoxy) is 1. The fraction of sp³-hybridized carbons (Fsp3) is 0.923. The van der Waals surface area contributed by atoms with E-state index in [0.717, 1.165) is 12.8 Å². The van der Waals surface area contributed by atoms with E-state index in [1.165, 1.54) is 0 Å². The summed E-state index contributed by atoms with van der Waals surface area (Å²) in [5.74, 6) is -2.93. The van der Waals surface area contributed by atoms with Crippen LogP contribution in [0.4, 0.5) is 8.78 Å². The predicted molar refractivity (Wildman–Crippen MR) is 67.2 cm³/mol. The molecule has 0 bridgehead atoms. The molecule has 0 aromatic rings. The third kappa shape index (κ3) is 3.42. The van der Waals surface area contributed by atoms with E-state index in [9.17, 15) is 13.6 Å². The molecule has 6 heteroatoms. The van der Waals surface area contributed by atoms with Crippen LogP contribution in [0.3, 0.4) is 0 Å². The summed E-state index contributed by atoms with van der Waals surface area (Å²) in [5.41, 5.74) is 0.0958. The molecule has 0 radical (unpaired) electrons. The minimum absolute atomic E-state index is 0.0958. The number of hydrogen-bond donors (Lipinski definition) is 1. The lowest BCUT2D eigenvalue weighted by Gasteiger charge is -2.39. The van der Waals surface area contributed by atoms with Crippen LogP contribution >= 0.6 is 0 Å². The highest BCUT2D eigenvalue weighted by Crippen LogP contribution is 2.32. The van der Waals surface area contributed by atoms with Crippen LogP contribution < -0.4 is 5.32 Å². The maximum atomic E-state index is 13.1. The maximum absolute atomic E-state index is 13.1. The van der Waals surface area contributed by atoms with Crippen LogP contribution in [0.2, 0.25) is 0 Å².